The van der Waals surface area contributed by atoms with Crippen LogP contribution < -0.4 is 14.8 Å². The SMILES string of the molecule is CCCCCOc1ncnc(NCC)c1OC. The summed E-state index contributed by atoms with van der Waals surface area (Å²) in [6, 6.07) is 0. The minimum absolute atomic E-state index is 0.509. The molecule has 0 saturated carbocycles. The van der Waals surface area contributed by atoms with Crippen molar-refractivity contribution in [2.45, 2.75) is 33.1 Å². The molecule has 1 rings (SSSR count). The maximum Gasteiger partial charge on any atom is 0.262 e. The molecular weight excluding hydrogens is 218 g/mol. The number of nitrogens with one attached hydrogen (secondary N) is 1. The summed E-state index contributed by atoms with van der Waals surface area (Å²) in [5.41, 5.74) is 0. The number of rotatable bonds is 8. The van der Waals surface area contributed by atoms with Crippen molar-refractivity contribution in [3.8, 4) is 11.6 Å². The van der Waals surface area contributed by atoms with Crippen molar-refractivity contribution in [3.63, 3.8) is 0 Å². The molecule has 0 radical (unpaired) electrons. The molecule has 1 aromatic heterocycles. The van der Waals surface area contributed by atoms with Gasteiger partial charge in [-0.25, -0.2) is 4.98 Å². The topological polar surface area (TPSA) is 56.3 Å². The van der Waals surface area contributed by atoms with E-state index >= 15 is 0 Å². The number of nitrogens with zero attached hydrogens (tertiary/aromatic N) is 2. The summed E-state index contributed by atoms with van der Waals surface area (Å²) < 4.78 is 10.9. The number of hydrogen-bond donors (Lipinski definition) is 1. The summed E-state index contributed by atoms with van der Waals surface area (Å²) in [6.07, 6.45) is 4.84. The van der Waals surface area contributed by atoms with Gasteiger partial charge >= 0.3 is 0 Å². The minimum atomic E-state index is 0.509. The molecule has 17 heavy (non-hydrogen) atoms. The molecule has 0 spiro atoms. The molecule has 0 aliphatic carbocycles. The van der Waals surface area contributed by atoms with Crippen LogP contribution in [0.2, 0.25) is 0 Å². The molecule has 5 heteroatoms. The van der Waals surface area contributed by atoms with Crippen LogP contribution in [-0.4, -0.2) is 30.2 Å². The normalized spacial score (nSPS) is 10.1. The molecule has 0 aliphatic rings. The number of hydrogen-bond acceptors (Lipinski definition) is 5. The zero-order chi connectivity index (χ0) is 12.5. The van der Waals surface area contributed by atoms with Crippen molar-refractivity contribution >= 4 is 5.82 Å². The fourth-order valence-corrected chi connectivity index (χ4v) is 1.46. The Kier molecular flexibility index (Phi) is 6.14. The van der Waals surface area contributed by atoms with Gasteiger partial charge < -0.3 is 14.8 Å². The van der Waals surface area contributed by atoms with Gasteiger partial charge in [-0.05, 0) is 13.3 Å². The second-order valence-electron chi connectivity index (χ2n) is 3.65. The molecule has 0 bridgehead atoms. The number of anilines is 1. The Bertz CT molecular complexity index is 332. The average molecular weight is 239 g/mol. The third-order valence-electron chi connectivity index (χ3n) is 2.31. The van der Waals surface area contributed by atoms with E-state index in [4.69, 9.17) is 9.47 Å². The first-order valence-electron chi connectivity index (χ1n) is 6.09. The van der Waals surface area contributed by atoms with Gasteiger partial charge in [-0.1, -0.05) is 19.8 Å². The number of unbranched alkanes of at least 4 members (excludes halogenated alkanes) is 2. The smallest absolute Gasteiger partial charge is 0.262 e. The second kappa shape index (κ2) is 7.70. The monoisotopic (exact) mass is 239 g/mol. The van der Waals surface area contributed by atoms with Crippen molar-refractivity contribution in [2.75, 3.05) is 25.6 Å². The summed E-state index contributed by atoms with van der Waals surface area (Å²) in [6.45, 7) is 5.60. The van der Waals surface area contributed by atoms with Gasteiger partial charge in [0.15, 0.2) is 5.82 Å². The van der Waals surface area contributed by atoms with E-state index in [0.717, 1.165) is 19.4 Å². The van der Waals surface area contributed by atoms with Gasteiger partial charge in [0.1, 0.15) is 6.33 Å². The first kappa shape index (κ1) is 13.5. The van der Waals surface area contributed by atoms with E-state index in [0.29, 0.717) is 24.1 Å². The highest BCUT2D eigenvalue weighted by molar-refractivity contribution is 5.54. The maximum atomic E-state index is 5.60. The summed E-state index contributed by atoms with van der Waals surface area (Å²) >= 11 is 0. The molecule has 96 valence electrons. The number of ether oxygens (including phenoxy) is 2. The zero-order valence-corrected chi connectivity index (χ0v) is 10.8. The Morgan fingerprint density at radius 1 is 1.24 bits per heavy atom. The minimum Gasteiger partial charge on any atom is -0.489 e. The van der Waals surface area contributed by atoms with Crippen LogP contribution in [0.15, 0.2) is 6.33 Å². The van der Waals surface area contributed by atoms with Crippen LogP contribution in [-0.2, 0) is 0 Å². The van der Waals surface area contributed by atoms with E-state index in [1.165, 1.54) is 12.7 Å². The van der Waals surface area contributed by atoms with Crippen molar-refractivity contribution < 1.29 is 9.47 Å². The van der Waals surface area contributed by atoms with E-state index in [1.807, 2.05) is 6.92 Å². The van der Waals surface area contributed by atoms with E-state index in [2.05, 4.69) is 22.2 Å². The average Bonchev–Trinajstić information content (AvgIpc) is 2.35. The lowest BCUT2D eigenvalue weighted by Gasteiger charge is -2.12. The van der Waals surface area contributed by atoms with E-state index in [-0.39, 0.29) is 0 Å². The molecule has 0 atom stereocenters. The van der Waals surface area contributed by atoms with Crippen molar-refractivity contribution in [3.05, 3.63) is 6.33 Å². The Hall–Kier alpha value is -1.52. The predicted molar refractivity (Wildman–Crippen MR) is 67.8 cm³/mol. The fraction of sp³-hybridized carbons (Fsp3) is 0.667. The third-order valence-corrected chi connectivity index (χ3v) is 2.31. The molecule has 1 aromatic rings. The summed E-state index contributed by atoms with van der Waals surface area (Å²) in [7, 11) is 1.60. The van der Waals surface area contributed by atoms with Crippen LogP contribution in [0.5, 0.6) is 11.6 Å². The number of methoxy groups -OCH3 is 1. The zero-order valence-electron chi connectivity index (χ0n) is 10.8. The maximum absolute atomic E-state index is 5.60. The van der Waals surface area contributed by atoms with Crippen LogP contribution in [0.1, 0.15) is 33.1 Å². The Morgan fingerprint density at radius 3 is 2.71 bits per heavy atom. The summed E-state index contributed by atoms with van der Waals surface area (Å²) in [4.78, 5) is 8.21. The Balaban J connectivity index is 2.66. The molecule has 5 nitrogen and oxygen atoms in total. The Morgan fingerprint density at radius 2 is 2.06 bits per heavy atom. The highest BCUT2D eigenvalue weighted by Crippen LogP contribution is 2.30. The van der Waals surface area contributed by atoms with Crippen LogP contribution in [0.4, 0.5) is 5.82 Å². The molecule has 0 unspecified atom stereocenters. The standard InChI is InChI=1S/C12H21N3O2/c1-4-6-7-8-17-12-10(16-3)11(13-5-2)14-9-15-12/h9H,4-8H2,1-3H3,(H,13,14,15). The largest absolute Gasteiger partial charge is 0.489 e. The van der Waals surface area contributed by atoms with Crippen molar-refractivity contribution in [1.29, 1.82) is 0 Å². The molecular formula is C12H21N3O2. The van der Waals surface area contributed by atoms with Crippen LogP contribution in [0.25, 0.3) is 0 Å². The fourth-order valence-electron chi connectivity index (χ4n) is 1.46. The lowest BCUT2D eigenvalue weighted by atomic mass is 10.3. The van der Waals surface area contributed by atoms with Crippen molar-refractivity contribution in [2.24, 2.45) is 0 Å². The van der Waals surface area contributed by atoms with Gasteiger partial charge in [0, 0.05) is 6.54 Å². The summed E-state index contributed by atoms with van der Waals surface area (Å²) in [5.74, 6) is 1.76. The lowest BCUT2D eigenvalue weighted by molar-refractivity contribution is 0.274. The summed E-state index contributed by atoms with van der Waals surface area (Å²) in [5, 5.41) is 3.11. The van der Waals surface area contributed by atoms with Gasteiger partial charge in [-0.15, -0.1) is 0 Å². The molecule has 1 heterocycles. The molecule has 0 amide bonds. The van der Waals surface area contributed by atoms with Crippen molar-refractivity contribution in [1.82, 2.24) is 9.97 Å². The highest BCUT2D eigenvalue weighted by Gasteiger charge is 2.12. The van der Waals surface area contributed by atoms with E-state index in [1.54, 1.807) is 7.11 Å². The van der Waals surface area contributed by atoms with E-state index < -0.39 is 0 Å². The van der Waals surface area contributed by atoms with E-state index in [9.17, 15) is 0 Å². The number of aromatic nitrogens is 2. The molecule has 0 aliphatic heterocycles. The molecule has 1 N–H and O–H groups in total. The van der Waals surface area contributed by atoms with Gasteiger partial charge in [0.2, 0.25) is 5.75 Å². The second-order valence-corrected chi connectivity index (χ2v) is 3.65. The first-order valence-corrected chi connectivity index (χ1v) is 6.09. The highest BCUT2D eigenvalue weighted by atomic mass is 16.5. The predicted octanol–water partition coefficient (Wildman–Crippen LogP) is 2.49. The molecule has 0 aromatic carbocycles. The van der Waals surface area contributed by atoms with Gasteiger partial charge in [-0.3, -0.25) is 0 Å². The van der Waals surface area contributed by atoms with Crippen LogP contribution in [0.3, 0.4) is 0 Å². The quantitative estimate of drug-likeness (QED) is 0.706. The van der Waals surface area contributed by atoms with Crippen LogP contribution in [0, 0.1) is 0 Å². The lowest BCUT2D eigenvalue weighted by Crippen LogP contribution is -2.06. The van der Waals surface area contributed by atoms with Gasteiger partial charge in [-0.2, -0.15) is 4.98 Å². The third kappa shape index (κ3) is 4.09. The Labute approximate surface area is 103 Å². The first-order chi connectivity index (χ1) is 8.33. The molecule has 0 fully saturated rings. The van der Waals surface area contributed by atoms with Crippen LogP contribution >= 0.6 is 0 Å². The molecule has 0 saturated heterocycles. The van der Waals surface area contributed by atoms with Gasteiger partial charge in [0.05, 0.1) is 13.7 Å². The van der Waals surface area contributed by atoms with Gasteiger partial charge in [0.25, 0.3) is 5.88 Å².